The second kappa shape index (κ2) is 6.58. The van der Waals surface area contributed by atoms with Crippen LogP contribution in [0.1, 0.15) is 24.5 Å². The van der Waals surface area contributed by atoms with Gasteiger partial charge in [0.15, 0.2) is 0 Å². The second-order valence-electron chi connectivity index (χ2n) is 5.82. The minimum atomic E-state index is -1.66. The molecule has 1 fully saturated rings. The Morgan fingerprint density at radius 1 is 1.33 bits per heavy atom. The van der Waals surface area contributed by atoms with Crippen LogP contribution in [-0.4, -0.2) is 51.2 Å². The monoisotopic (exact) mass is 331 g/mol. The van der Waals surface area contributed by atoms with Crippen molar-refractivity contribution in [2.75, 3.05) is 6.54 Å². The summed E-state index contributed by atoms with van der Waals surface area (Å²) in [7, 11) is 0. The van der Waals surface area contributed by atoms with E-state index in [2.05, 4.69) is 5.32 Å². The highest BCUT2D eigenvalue weighted by molar-refractivity contribution is 5.85. The molecule has 0 aliphatic carbocycles. The summed E-state index contributed by atoms with van der Waals surface area (Å²) >= 11 is 0. The Morgan fingerprint density at radius 3 is 2.42 bits per heavy atom. The molecule has 1 saturated heterocycles. The minimum Gasteiger partial charge on any atom is -0.479 e. The zero-order valence-corrected chi connectivity index (χ0v) is 13.0. The smallest absolute Gasteiger partial charge is 0.408 e. The zero-order valence-electron chi connectivity index (χ0n) is 13.0. The average Bonchev–Trinajstić information content (AvgIpc) is 2.87. The largest absolute Gasteiger partial charge is 0.479 e. The topological polar surface area (TPSA) is 131 Å². The number of carbonyl (C=O) groups excluding carboxylic acids is 1. The lowest BCUT2D eigenvalue weighted by molar-refractivity contribution is -0.148. The Bertz CT molecular complexity index is 709. The van der Waals surface area contributed by atoms with Gasteiger partial charge < -0.3 is 15.5 Å². The molecule has 2 atom stereocenters. The number of carbonyl (C=O) groups is 3. The lowest BCUT2D eigenvalue weighted by Crippen LogP contribution is -2.54. The van der Waals surface area contributed by atoms with Crippen LogP contribution in [0.2, 0.25) is 0 Å². The zero-order chi connectivity index (χ0) is 17.9. The average molecular weight is 331 g/mol. The number of likely N-dealkylation sites (tertiary alicyclic amines) is 1. The first kappa shape index (κ1) is 17.3. The Labute approximate surface area is 138 Å². The Morgan fingerprint density at radius 2 is 1.96 bits per heavy atom. The van der Waals surface area contributed by atoms with Gasteiger partial charge in [0.25, 0.3) is 0 Å². The van der Waals surface area contributed by atoms with Gasteiger partial charge in [-0.05, 0) is 17.7 Å². The van der Waals surface area contributed by atoms with Crippen LogP contribution in [0.25, 0.3) is 0 Å². The molecule has 2 rings (SSSR count). The van der Waals surface area contributed by atoms with Crippen LogP contribution in [0.15, 0.2) is 24.3 Å². The summed E-state index contributed by atoms with van der Waals surface area (Å²) < 4.78 is 0. The number of carboxylic acids is 1. The SMILES string of the molecule is CC(=O)N[C@@H]1CN(C(=O)O)[C@](Cc2ccc(C#N)cc2)(C(=O)O)C1. The van der Waals surface area contributed by atoms with Crippen molar-refractivity contribution in [2.24, 2.45) is 0 Å². The summed E-state index contributed by atoms with van der Waals surface area (Å²) in [5.74, 6) is -1.60. The lowest BCUT2D eigenvalue weighted by atomic mass is 9.87. The fraction of sp³-hybridized carbons (Fsp3) is 0.375. The fourth-order valence-electron chi connectivity index (χ4n) is 3.10. The number of benzene rings is 1. The van der Waals surface area contributed by atoms with E-state index in [0.29, 0.717) is 11.1 Å². The second-order valence-corrected chi connectivity index (χ2v) is 5.82. The summed E-state index contributed by atoms with van der Waals surface area (Å²) in [4.78, 5) is 35.6. The van der Waals surface area contributed by atoms with Crippen molar-refractivity contribution in [3.8, 4) is 6.07 Å². The number of amides is 2. The van der Waals surface area contributed by atoms with Crippen LogP contribution in [0.5, 0.6) is 0 Å². The van der Waals surface area contributed by atoms with Crippen molar-refractivity contribution >= 4 is 18.0 Å². The summed E-state index contributed by atoms with van der Waals surface area (Å²) in [5.41, 5.74) is -0.625. The quantitative estimate of drug-likeness (QED) is 0.748. The highest BCUT2D eigenvalue weighted by atomic mass is 16.4. The molecule has 1 aromatic carbocycles. The molecule has 8 nitrogen and oxygen atoms in total. The van der Waals surface area contributed by atoms with E-state index < -0.39 is 23.6 Å². The highest BCUT2D eigenvalue weighted by Gasteiger charge is 2.54. The number of rotatable bonds is 4. The Hall–Kier alpha value is -3.08. The highest BCUT2D eigenvalue weighted by Crippen LogP contribution is 2.33. The number of nitrogens with zero attached hydrogens (tertiary/aromatic N) is 2. The normalized spacial score (nSPS) is 22.7. The van der Waals surface area contributed by atoms with Crippen molar-refractivity contribution < 1.29 is 24.6 Å². The van der Waals surface area contributed by atoms with Crippen molar-refractivity contribution in [1.29, 1.82) is 5.26 Å². The van der Waals surface area contributed by atoms with Crippen LogP contribution in [0.4, 0.5) is 4.79 Å². The van der Waals surface area contributed by atoms with Crippen LogP contribution >= 0.6 is 0 Å². The predicted molar refractivity (Wildman–Crippen MR) is 82.2 cm³/mol. The summed E-state index contributed by atoms with van der Waals surface area (Å²) in [5, 5.41) is 30.5. The third kappa shape index (κ3) is 3.30. The number of nitriles is 1. The third-order valence-corrected chi connectivity index (χ3v) is 4.12. The fourth-order valence-corrected chi connectivity index (χ4v) is 3.10. The van der Waals surface area contributed by atoms with Crippen LogP contribution < -0.4 is 5.32 Å². The number of aliphatic carboxylic acids is 1. The first-order chi connectivity index (χ1) is 11.3. The Kier molecular flexibility index (Phi) is 4.74. The summed E-state index contributed by atoms with van der Waals surface area (Å²) in [6.45, 7) is 1.21. The summed E-state index contributed by atoms with van der Waals surface area (Å²) in [6.07, 6.45) is -1.41. The van der Waals surface area contributed by atoms with E-state index in [-0.39, 0.29) is 25.3 Å². The molecule has 1 aromatic rings. The van der Waals surface area contributed by atoms with E-state index in [0.717, 1.165) is 4.90 Å². The number of carboxylic acid groups (broad SMARTS) is 2. The molecule has 0 aromatic heterocycles. The van der Waals surface area contributed by atoms with Gasteiger partial charge in [-0.3, -0.25) is 9.69 Å². The van der Waals surface area contributed by atoms with E-state index in [9.17, 15) is 24.6 Å². The number of nitrogens with one attached hydrogen (secondary N) is 1. The molecule has 24 heavy (non-hydrogen) atoms. The molecule has 0 saturated carbocycles. The molecule has 0 radical (unpaired) electrons. The van der Waals surface area contributed by atoms with Crippen molar-refractivity contribution in [3.63, 3.8) is 0 Å². The van der Waals surface area contributed by atoms with Gasteiger partial charge in [-0.1, -0.05) is 12.1 Å². The van der Waals surface area contributed by atoms with E-state index in [4.69, 9.17) is 5.26 Å². The summed E-state index contributed by atoms with van der Waals surface area (Å²) in [6, 6.07) is 7.72. The van der Waals surface area contributed by atoms with Gasteiger partial charge in [-0.2, -0.15) is 5.26 Å². The third-order valence-electron chi connectivity index (χ3n) is 4.12. The molecule has 0 spiro atoms. The molecule has 0 bridgehead atoms. The maximum absolute atomic E-state index is 11.9. The van der Waals surface area contributed by atoms with Crippen LogP contribution in [0, 0.1) is 11.3 Å². The lowest BCUT2D eigenvalue weighted by Gasteiger charge is -2.32. The number of hydrogen-bond acceptors (Lipinski definition) is 4. The molecule has 1 aliphatic rings. The van der Waals surface area contributed by atoms with Crippen molar-refractivity contribution in [2.45, 2.75) is 31.3 Å². The van der Waals surface area contributed by atoms with E-state index >= 15 is 0 Å². The maximum Gasteiger partial charge on any atom is 0.408 e. The molecule has 8 heteroatoms. The predicted octanol–water partition coefficient (Wildman–Crippen LogP) is 0.813. The molecular weight excluding hydrogens is 314 g/mol. The van der Waals surface area contributed by atoms with Crippen molar-refractivity contribution in [3.05, 3.63) is 35.4 Å². The van der Waals surface area contributed by atoms with Gasteiger partial charge in [-0.15, -0.1) is 0 Å². The van der Waals surface area contributed by atoms with E-state index in [1.807, 2.05) is 6.07 Å². The maximum atomic E-state index is 11.9. The molecule has 3 N–H and O–H groups in total. The Balaban J connectivity index is 2.35. The van der Waals surface area contributed by atoms with Gasteiger partial charge in [0.1, 0.15) is 5.54 Å². The molecule has 0 unspecified atom stereocenters. The minimum absolute atomic E-state index is 0.0196. The standard InChI is InChI=1S/C16H17N3O5/c1-10(20)18-13-7-16(14(21)22,19(9-13)15(23)24)6-11-2-4-12(8-17)5-3-11/h2-5,13H,6-7,9H2,1H3,(H,18,20)(H,21,22)(H,23,24)/t13-,16-/m0/s1. The molecule has 2 amide bonds. The van der Waals surface area contributed by atoms with E-state index in [1.54, 1.807) is 24.3 Å². The van der Waals surface area contributed by atoms with Gasteiger partial charge in [0.05, 0.1) is 11.6 Å². The van der Waals surface area contributed by atoms with E-state index in [1.165, 1.54) is 6.92 Å². The van der Waals surface area contributed by atoms with Gasteiger partial charge in [0, 0.05) is 32.4 Å². The molecule has 126 valence electrons. The van der Waals surface area contributed by atoms with Crippen LogP contribution in [-0.2, 0) is 16.0 Å². The van der Waals surface area contributed by atoms with Gasteiger partial charge in [-0.25, -0.2) is 9.59 Å². The molecule has 1 aliphatic heterocycles. The first-order valence-electron chi connectivity index (χ1n) is 7.28. The molecule has 1 heterocycles. The van der Waals surface area contributed by atoms with Crippen LogP contribution in [0.3, 0.4) is 0 Å². The van der Waals surface area contributed by atoms with Crippen molar-refractivity contribution in [1.82, 2.24) is 10.2 Å². The molecular formula is C16H17N3O5. The van der Waals surface area contributed by atoms with Gasteiger partial charge >= 0.3 is 12.1 Å². The first-order valence-corrected chi connectivity index (χ1v) is 7.28. The van der Waals surface area contributed by atoms with Gasteiger partial charge in [0.2, 0.25) is 5.91 Å². The number of hydrogen-bond donors (Lipinski definition) is 3.